The van der Waals surface area contributed by atoms with Crippen molar-refractivity contribution in [2.75, 3.05) is 18.4 Å². The molecule has 3 N–H and O–H groups in total. The van der Waals surface area contributed by atoms with Gasteiger partial charge in [0.1, 0.15) is 11.6 Å². The summed E-state index contributed by atoms with van der Waals surface area (Å²) in [6.45, 7) is 2.03. The predicted molar refractivity (Wildman–Crippen MR) is 143 cm³/mol. The molecule has 0 aliphatic heterocycles. The number of carbonyl (C=O) groups excluding carboxylic acids is 1. The van der Waals surface area contributed by atoms with Crippen molar-refractivity contribution in [2.45, 2.75) is 44.1 Å². The number of para-hydroxylation sites is 1. The number of ether oxygens (including phenoxy) is 1. The minimum Gasteiger partial charge on any atom is -0.496 e. The highest BCUT2D eigenvalue weighted by atomic mass is 32.2. The molecule has 1 aliphatic rings. The lowest BCUT2D eigenvalue weighted by molar-refractivity contribution is 0.0932. The van der Waals surface area contributed by atoms with E-state index in [-0.39, 0.29) is 23.1 Å². The highest BCUT2D eigenvalue weighted by Crippen LogP contribution is 2.39. The van der Waals surface area contributed by atoms with Gasteiger partial charge in [0.05, 0.1) is 18.4 Å². The molecule has 1 aliphatic carbocycles. The maximum absolute atomic E-state index is 13.8. The molecule has 3 aromatic carbocycles. The second kappa shape index (κ2) is 11.3. The molecule has 0 unspecified atom stereocenters. The molecule has 4 rings (SSSR count). The highest BCUT2D eigenvalue weighted by Gasteiger charge is 2.38. The van der Waals surface area contributed by atoms with Gasteiger partial charge in [0.15, 0.2) is 0 Å². The Kier molecular flexibility index (Phi) is 8.14. The molecule has 1 saturated carbocycles. The van der Waals surface area contributed by atoms with Gasteiger partial charge in [-0.2, -0.15) is 13.1 Å². The molecule has 0 spiro atoms. The fourth-order valence-electron chi connectivity index (χ4n) is 4.88. The average Bonchev–Trinajstić information content (AvgIpc) is 2.90. The van der Waals surface area contributed by atoms with Gasteiger partial charge in [-0.1, -0.05) is 48.5 Å². The molecule has 0 saturated heterocycles. The maximum Gasteiger partial charge on any atom is 0.299 e. The van der Waals surface area contributed by atoms with E-state index >= 15 is 0 Å². The van der Waals surface area contributed by atoms with E-state index in [0.717, 1.165) is 5.56 Å². The molecule has 196 valence electrons. The molecular formula is C28H32FN3O4S. The van der Waals surface area contributed by atoms with E-state index < -0.39 is 16.0 Å². The topological polar surface area (TPSA) is 96.5 Å². The van der Waals surface area contributed by atoms with Crippen LogP contribution in [-0.2, 0) is 15.6 Å². The van der Waals surface area contributed by atoms with Gasteiger partial charge in [0.25, 0.3) is 16.1 Å². The van der Waals surface area contributed by atoms with Gasteiger partial charge in [-0.3, -0.25) is 9.52 Å². The van der Waals surface area contributed by atoms with Crippen molar-refractivity contribution in [3.8, 4) is 5.75 Å². The predicted octanol–water partition coefficient (Wildman–Crippen LogP) is 4.70. The molecule has 0 radical (unpaired) electrons. The first-order valence-electron chi connectivity index (χ1n) is 12.2. The fourth-order valence-corrected chi connectivity index (χ4v) is 6.06. The summed E-state index contributed by atoms with van der Waals surface area (Å²) in [5.74, 6) is -0.182. The van der Waals surface area contributed by atoms with Crippen LogP contribution >= 0.6 is 0 Å². The summed E-state index contributed by atoms with van der Waals surface area (Å²) in [5, 5.41) is 3.08. The molecule has 0 aromatic heterocycles. The Morgan fingerprint density at radius 3 is 2.38 bits per heavy atom. The zero-order valence-corrected chi connectivity index (χ0v) is 21.8. The van der Waals surface area contributed by atoms with Crippen LogP contribution in [0.4, 0.5) is 10.1 Å². The number of nitrogens with one attached hydrogen (secondary N) is 3. The molecular weight excluding hydrogens is 493 g/mol. The van der Waals surface area contributed by atoms with Crippen LogP contribution in [0.5, 0.6) is 5.75 Å². The van der Waals surface area contributed by atoms with E-state index in [1.54, 1.807) is 25.1 Å². The Labute approximate surface area is 217 Å². The lowest BCUT2D eigenvalue weighted by Gasteiger charge is -2.41. The lowest BCUT2D eigenvalue weighted by atomic mass is 9.68. The van der Waals surface area contributed by atoms with E-state index in [2.05, 4.69) is 14.8 Å². The fraction of sp³-hybridized carbons (Fsp3) is 0.321. The number of halogens is 1. The van der Waals surface area contributed by atoms with Crippen molar-refractivity contribution in [3.63, 3.8) is 0 Å². The first-order chi connectivity index (χ1) is 17.7. The number of rotatable bonds is 9. The van der Waals surface area contributed by atoms with Crippen LogP contribution in [0.25, 0.3) is 0 Å². The summed E-state index contributed by atoms with van der Waals surface area (Å²) in [7, 11) is -2.35. The second-order valence-corrected chi connectivity index (χ2v) is 10.9. The molecule has 0 bridgehead atoms. The summed E-state index contributed by atoms with van der Waals surface area (Å²) in [5.41, 5.74) is 1.84. The van der Waals surface area contributed by atoms with Gasteiger partial charge in [-0.25, -0.2) is 4.39 Å². The van der Waals surface area contributed by atoms with E-state index in [1.807, 2.05) is 36.4 Å². The third kappa shape index (κ3) is 6.47. The van der Waals surface area contributed by atoms with Crippen molar-refractivity contribution >= 4 is 21.8 Å². The van der Waals surface area contributed by atoms with Crippen LogP contribution in [0.3, 0.4) is 0 Å². The van der Waals surface area contributed by atoms with Gasteiger partial charge in [-0.05, 0) is 68.0 Å². The van der Waals surface area contributed by atoms with Gasteiger partial charge in [0.2, 0.25) is 0 Å². The van der Waals surface area contributed by atoms with E-state index in [4.69, 9.17) is 4.74 Å². The number of methoxy groups -OCH3 is 1. The zero-order valence-electron chi connectivity index (χ0n) is 21.0. The number of amides is 1. The standard InChI is InChI=1S/C28H32FN3O4S/c1-20-12-13-23(18-25(20)29)32-37(34,35)31-22-14-16-28(17-15-22,21-8-4-3-5-9-21)19-30-27(33)24-10-6-7-11-26(24)36-2/h3-13,18,22,31-32H,14-17,19H2,1-2H3,(H,30,33)/t22-,28-. The highest BCUT2D eigenvalue weighted by molar-refractivity contribution is 7.90. The number of benzene rings is 3. The van der Waals surface area contributed by atoms with Crippen LogP contribution in [0.15, 0.2) is 72.8 Å². The van der Waals surface area contributed by atoms with Crippen LogP contribution < -0.4 is 19.5 Å². The average molecular weight is 526 g/mol. The Morgan fingerprint density at radius 2 is 1.70 bits per heavy atom. The third-order valence-corrected chi connectivity index (χ3v) is 8.16. The summed E-state index contributed by atoms with van der Waals surface area (Å²) in [6.07, 6.45) is 2.52. The molecule has 9 heteroatoms. The Morgan fingerprint density at radius 1 is 1.03 bits per heavy atom. The third-order valence-electron chi connectivity index (χ3n) is 7.01. The minimum atomic E-state index is -3.89. The first kappa shape index (κ1) is 26.6. The van der Waals surface area contributed by atoms with Gasteiger partial charge in [-0.15, -0.1) is 0 Å². The summed E-state index contributed by atoms with van der Waals surface area (Å²) in [6, 6.07) is 21.0. The zero-order chi connectivity index (χ0) is 26.5. The molecule has 0 heterocycles. The lowest BCUT2D eigenvalue weighted by Crippen LogP contribution is -2.48. The van der Waals surface area contributed by atoms with E-state index in [0.29, 0.717) is 49.1 Å². The normalized spacial score (nSPS) is 19.7. The molecule has 1 amide bonds. The van der Waals surface area contributed by atoms with Crippen LogP contribution in [0.1, 0.15) is 47.2 Å². The van der Waals surface area contributed by atoms with Crippen LogP contribution in [0, 0.1) is 12.7 Å². The minimum absolute atomic E-state index is 0.170. The summed E-state index contributed by atoms with van der Waals surface area (Å²) in [4.78, 5) is 13.0. The van der Waals surface area contributed by atoms with Gasteiger partial charge in [0, 0.05) is 18.0 Å². The van der Waals surface area contributed by atoms with Crippen molar-refractivity contribution in [3.05, 3.63) is 95.3 Å². The molecule has 7 nitrogen and oxygen atoms in total. The van der Waals surface area contributed by atoms with Crippen molar-refractivity contribution in [1.29, 1.82) is 0 Å². The van der Waals surface area contributed by atoms with Gasteiger partial charge >= 0.3 is 0 Å². The van der Waals surface area contributed by atoms with E-state index in [1.165, 1.54) is 25.3 Å². The SMILES string of the molecule is COc1ccccc1C(=O)NC[C@]1(c2ccccc2)CC[C@H](NS(=O)(=O)Nc2ccc(C)c(F)c2)CC1. The molecule has 37 heavy (non-hydrogen) atoms. The van der Waals surface area contributed by atoms with Crippen LogP contribution in [-0.4, -0.2) is 34.0 Å². The Balaban J connectivity index is 1.44. The van der Waals surface area contributed by atoms with Crippen LogP contribution in [0.2, 0.25) is 0 Å². The van der Waals surface area contributed by atoms with Crippen molar-refractivity contribution in [1.82, 2.24) is 10.0 Å². The Hall–Kier alpha value is -3.43. The first-order valence-corrected chi connectivity index (χ1v) is 13.7. The van der Waals surface area contributed by atoms with Crippen molar-refractivity contribution < 1.29 is 22.3 Å². The quantitative estimate of drug-likeness (QED) is 0.377. The van der Waals surface area contributed by atoms with Gasteiger partial charge < -0.3 is 10.1 Å². The smallest absolute Gasteiger partial charge is 0.299 e. The molecule has 3 aromatic rings. The monoisotopic (exact) mass is 525 g/mol. The van der Waals surface area contributed by atoms with Crippen molar-refractivity contribution in [2.24, 2.45) is 0 Å². The summed E-state index contributed by atoms with van der Waals surface area (Å²) >= 11 is 0. The largest absolute Gasteiger partial charge is 0.496 e. The maximum atomic E-state index is 13.8. The number of hydrogen-bond acceptors (Lipinski definition) is 4. The number of aryl methyl sites for hydroxylation is 1. The number of hydrogen-bond donors (Lipinski definition) is 3. The Bertz CT molecular complexity index is 1340. The summed E-state index contributed by atoms with van der Waals surface area (Å²) < 4.78 is 49.7. The second-order valence-electron chi connectivity index (χ2n) is 9.49. The number of carbonyl (C=O) groups is 1. The van der Waals surface area contributed by atoms with E-state index in [9.17, 15) is 17.6 Å². The number of anilines is 1. The molecule has 1 fully saturated rings. The molecule has 0 atom stereocenters.